The number of carboxylic acid groups (broad SMARTS) is 1. The Bertz CT molecular complexity index is 715. The Labute approximate surface area is 114 Å². The molecule has 5 nitrogen and oxygen atoms in total. The fraction of sp³-hybridized carbons (Fsp3) is 0.0667. The van der Waals surface area contributed by atoms with Gasteiger partial charge in [-0.3, -0.25) is 0 Å². The molecule has 0 saturated carbocycles. The Kier molecular flexibility index (Phi) is 3.70. The van der Waals surface area contributed by atoms with E-state index in [9.17, 15) is 14.7 Å². The molecule has 5 heteroatoms. The van der Waals surface area contributed by atoms with Gasteiger partial charge in [-0.15, -0.1) is 0 Å². The van der Waals surface area contributed by atoms with Crippen LogP contribution in [0.5, 0.6) is 5.75 Å². The van der Waals surface area contributed by atoms with E-state index in [1.54, 1.807) is 30.3 Å². The molecule has 2 rings (SSSR count). The zero-order valence-corrected chi connectivity index (χ0v) is 10.7. The molecular formula is C15H12O5. The minimum atomic E-state index is -1.34. The second-order valence-corrected chi connectivity index (χ2v) is 4.15. The van der Waals surface area contributed by atoms with E-state index in [1.165, 1.54) is 12.1 Å². The third-order valence-corrected chi connectivity index (χ3v) is 2.79. The van der Waals surface area contributed by atoms with E-state index < -0.39 is 17.5 Å². The zero-order chi connectivity index (χ0) is 14.7. The van der Waals surface area contributed by atoms with Gasteiger partial charge in [0.05, 0.1) is 7.11 Å². The number of rotatable bonds is 3. The lowest BCUT2D eigenvalue weighted by atomic mass is 10.0. The van der Waals surface area contributed by atoms with E-state index >= 15 is 0 Å². The molecule has 0 radical (unpaired) electrons. The third kappa shape index (κ3) is 2.77. The molecule has 0 heterocycles. The van der Waals surface area contributed by atoms with Gasteiger partial charge in [-0.25, -0.2) is 9.59 Å². The van der Waals surface area contributed by atoms with E-state index in [-0.39, 0.29) is 5.75 Å². The topological polar surface area (TPSA) is 83.8 Å². The number of aliphatic carboxylic acids is 1. The number of aromatic hydroxyl groups is 1. The molecule has 0 aliphatic carbocycles. The minimum absolute atomic E-state index is 0.154. The fourth-order valence-electron chi connectivity index (χ4n) is 1.83. The van der Waals surface area contributed by atoms with Gasteiger partial charge in [-0.05, 0) is 40.6 Å². The smallest absolute Gasteiger partial charge is 0.345 e. The Morgan fingerprint density at radius 2 is 1.75 bits per heavy atom. The highest BCUT2D eigenvalue weighted by molar-refractivity contribution is 6.17. The Balaban J connectivity index is 2.49. The second kappa shape index (κ2) is 5.44. The summed E-state index contributed by atoms with van der Waals surface area (Å²) in [5.41, 5.74) is 0.122. The maximum atomic E-state index is 11.4. The normalized spacial score (nSPS) is 11.3. The van der Waals surface area contributed by atoms with Gasteiger partial charge in [-0.1, -0.05) is 18.2 Å². The van der Waals surface area contributed by atoms with E-state index in [0.717, 1.165) is 17.9 Å². The van der Waals surface area contributed by atoms with Crippen LogP contribution in [0.2, 0.25) is 0 Å². The molecule has 2 aromatic rings. The molecule has 0 aromatic heterocycles. The summed E-state index contributed by atoms with van der Waals surface area (Å²) in [5.74, 6) is -2.09. The van der Waals surface area contributed by atoms with Gasteiger partial charge in [0, 0.05) is 0 Å². The van der Waals surface area contributed by atoms with Crippen LogP contribution in [0.4, 0.5) is 0 Å². The lowest BCUT2D eigenvalue weighted by Crippen LogP contribution is -2.13. The van der Waals surface area contributed by atoms with Crippen LogP contribution in [-0.4, -0.2) is 29.3 Å². The number of benzene rings is 2. The average molecular weight is 272 g/mol. The van der Waals surface area contributed by atoms with Gasteiger partial charge in [0.25, 0.3) is 0 Å². The first kappa shape index (κ1) is 13.6. The molecule has 2 N–H and O–H groups in total. The summed E-state index contributed by atoms with van der Waals surface area (Å²) in [6, 6.07) is 9.96. The summed E-state index contributed by atoms with van der Waals surface area (Å²) in [5, 5.41) is 20.0. The van der Waals surface area contributed by atoms with Crippen molar-refractivity contribution in [3.63, 3.8) is 0 Å². The van der Waals surface area contributed by atoms with Crippen molar-refractivity contribution in [1.29, 1.82) is 0 Å². The van der Waals surface area contributed by atoms with Crippen molar-refractivity contribution in [3.05, 3.63) is 47.5 Å². The molecule has 0 spiro atoms. The molecule has 2 aromatic carbocycles. The van der Waals surface area contributed by atoms with Gasteiger partial charge in [0.1, 0.15) is 11.3 Å². The molecule has 0 unspecified atom stereocenters. The molecule has 0 amide bonds. The summed E-state index contributed by atoms with van der Waals surface area (Å²) in [6.45, 7) is 0. The van der Waals surface area contributed by atoms with Crippen molar-refractivity contribution < 1.29 is 24.5 Å². The number of esters is 1. The molecule has 102 valence electrons. The number of hydrogen-bond acceptors (Lipinski definition) is 4. The van der Waals surface area contributed by atoms with Crippen LogP contribution in [-0.2, 0) is 14.3 Å². The number of fused-ring (bicyclic) bond motifs is 1. The fourth-order valence-corrected chi connectivity index (χ4v) is 1.83. The monoisotopic (exact) mass is 272 g/mol. The molecule has 0 saturated heterocycles. The maximum absolute atomic E-state index is 11.4. The van der Waals surface area contributed by atoms with Crippen molar-refractivity contribution in [2.45, 2.75) is 0 Å². The third-order valence-electron chi connectivity index (χ3n) is 2.79. The van der Waals surface area contributed by atoms with Crippen molar-refractivity contribution >= 4 is 28.8 Å². The van der Waals surface area contributed by atoms with Gasteiger partial charge in [0.2, 0.25) is 0 Å². The average Bonchev–Trinajstić information content (AvgIpc) is 2.43. The number of ether oxygens (including phenoxy) is 1. The van der Waals surface area contributed by atoms with Crippen LogP contribution in [0.1, 0.15) is 5.56 Å². The highest BCUT2D eigenvalue weighted by Crippen LogP contribution is 2.22. The number of phenols is 1. The minimum Gasteiger partial charge on any atom is -0.508 e. The molecule has 0 aliphatic rings. The summed E-state index contributed by atoms with van der Waals surface area (Å²) in [7, 11) is 1.13. The summed E-state index contributed by atoms with van der Waals surface area (Å²) in [4.78, 5) is 22.4. The molecule has 0 fully saturated rings. The molecule has 20 heavy (non-hydrogen) atoms. The SMILES string of the molecule is COC(=O)/C(=C\c1ccc2cc(O)ccc2c1)C(=O)O. The van der Waals surface area contributed by atoms with Crippen LogP contribution >= 0.6 is 0 Å². The van der Waals surface area contributed by atoms with Crippen LogP contribution in [0.25, 0.3) is 16.8 Å². The van der Waals surface area contributed by atoms with Crippen LogP contribution < -0.4 is 0 Å². The van der Waals surface area contributed by atoms with Crippen molar-refractivity contribution in [3.8, 4) is 5.75 Å². The second-order valence-electron chi connectivity index (χ2n) is 4.15. The summed E-state index contributed by atoms with van der Waals surface area (Å²) in [6.07, 6.45) is 1.25. The number of carbonyl (C=O) groups excluding carboxylic acids is 1. The molecule has 0 aliphatic heterocycles. The van der Waals surface area contributed by atoms with Gasteiger partial charge in [0.15, 0.2) is 0 Å². The largest absolute Gasteiger partial charge is 0.508 e. The van der Waals surface area contributed by atoms with E-state index in [2.05, 4.69) is 4.74 Å². The molecule has 0 atom stereocenters. The first-order valence-electron chi connectivity index (χ1n) is 5.77. The Morgan fingerprint density at radius 3 is 2.40 bits per heavy atom. The maximum Gasteiger partial charge on any atom is 0.345 e. The lowest BCUT2D eigenvalue weighted by Gasteiger charge is -2.03. The van der Waals surface area contributed by atoms with E-state index in [0.29, 0.717) is 5.56 Å². The number of methoxy groups -OCH3 is 1. The predicted octanol–water partition coefficient (Wildman–Crippen LogP) is 2.19. The first-order chi connectivity index (χ1) is 9.51. The van der Waals surface area contributed by atoms with E-state index in [1.807, 2.05) is 0 Å². The Hall–Kier alpha value is -2.82. The first-order valence-corrected chi connectivity index (χ1v) is 5.77. The van der Waals surface area contributed by atoms with E-state index in [4.69, 9.17) is 5.11 Å². The van der Waals surface area contributed by atoms with Crippen molar-refractivity contribution in [2.24, 2.45) is 0 Å². The Morgan fingerprint density at radius 1 is 1.10 bits per heavy atom. The quantitative estimate of drug-likeness (QED) is 0.387. The highest BCUT2D eigenvalue weighted by Gasteiger charge is 2.17. The summed E-state index contributed by atoms with van der Waals surface area (Å²) < 4.78 is 4.43. The van der Waals surface area contributed by atoms with Gasteiger partial charge < -0.3 is 14.9 Å². The summed E-state index contributed by atoms with van der Waals surface area (Å²) >= 11 is 0. The van der Waals surface area contributed by atoms with Gasteiger partial charge >= 0.3 is 11.9 Å². The predicted molar refractivity (Wildman–Crippen MR) is 73.2 cm³/mol. The van der Waals surface area contributed by atoms with Crippen molar-refractivity contribution in [1.82, 2.24) is 0 Å². The molecule has 0 bridgehead atoms. The zero-order valence-electron chi connectivity index (χ0n) is 10.7. The molecular weight excluding hydrogens is 260 g/mol. The van der Waals surface area contributed by atoms with Crippen LogP contribution in [0.15, 0.2) is 42.0 Å². The lowest BCUT2D eigenvalue weighted by molar-refractivity contribution is -0.142. The number of carboxylic acids is 1. The van der Waals surface area contributed by atoms with Crippen LogP contribution in [0.3, 0.4) is 0 Å². The standard InChI is InChI=1S/C15H12O5/c1-20-15(19)13(14(17)18)7-9-2-3-11-8-12(16)5-4-10(11)6-9/h2-8,16H,1H3,(H,17,18)/b13-7-. The number of hydrogen-bond donors (Lipinski definition) is 2. The van der Waals surface area contributed by atoms with Gasteiger partial charge in [-0.2, -0.15) is 0 Å². The number of phenolic OH excluding ortho intramolecular Hbond substituents is 1. The van der Waals surface area contributed by atoms with Crippen molar-refractivity contribution in [2.75, 3.05) is 7.11 Å². The number of carbonyl (C=O) groups is 2. The highest BCUT2D eigenvalue weighted by atomic mass is 16.5. The van der Waals surface area contributed by atoms with Crippen LogP contribution in [0, 0.1) is 0 Å².